The number of aromatic nitrogens is 1. The van der Waals surface area contributed by atoms with Crippen molar-refractivity contribution in [3.05, 3.63) is 89.2 Å². The third kappa shape index (κ3) is 6.31. The Morgan fingerprint density at radius 3 is 2.63 bits per heavy atom. The van der Waals surface area contributed by atoms with Gasteiger partial charge in [-0.2, -0.15) is 0 Å². The molecule has 0 saturated carbocycles. The third-order valence-corrected chi connectivity index (χ3v) is 4.85. The number of benzene rings is 2. The molecule has 0 unspecified atom stereocenters. The predicted molar refractivity (Wildman–Crippen MR) is 116 cm³/mol. The quantitative estimate of drug-likeness (QED) is 0.577. The number of hydrogen-bond acceptors (Lipinski definition) is 5. The molecule has 3 rings (SSSR count). The minimum Gasteiger partial charge on any atom is -0.487 e. The van der Waals surface area contributed by atoms with Gasteiger partial charge in [0.15, 0.2) is 0 Å². The number of carbonyl (C=O) groups excluding carboxylic acids is 1. The number of pyridine rings is 1. The lowest BCUT2D eigenvalue weighted by Gasteiger charge is -2.11. The van der Waals surface area contributed by atoms with Gasteiger partial charge < -0.3 is 10.1 Å². The molecule has 156 valence electrons. The zero-order valence-corrected chi connectivity index (χ0v) is 17.6. The molecular weight excluding hydrogens is 402 g/mol. The van der Waals surface area contributed by atoms with Crippen molar-refractivity contribution in [2.24, 2.45) is 0 Å². The third-order valence-electron chi connectivity index (χ3n) is 4.26. The summed E-state index contributed by atoms with van der Waals surface area (Å²) < 4.78 is 31.2. The van der Waals surface area contributed by atoms with E-state index in [1.54, 1.807) is 25.3 Å². The van der Waals surface area contributed by atoms with Gasteiger partial charge in [-0.05, 0) is 54.4 Å². The van der Waals surface area contributed by atoms with Crippen molar-refractivity contribution in [3.63, 3.8) is 0 Å². The highest BCUT2D eigenvalue weighted by Crippen LogP contribution is 2.19. The Kier molecular flexibility index (Phi) is 6.68. The summed E-state index contributed by atoms with van der Waals surface area (Å²) in [5.41, 5.74) is 3.19. The van der Waals surface area contributed by atoms with E-state index in [4.69, 9.17) is 4.74 Å². The molecule has 0 saturated heterocycles. The van der Waals surface area contributed by atoms with Crippen LogP contribution in [0.25, 0.3) is 0 Å². The molecule has 0 aliphatic heterocycles. The first-order valence-corrected chi connectivity index (χ1v) is 11.2. The fourth-order valence-corrected chi connectivity index (χ4v) is 3.36. The van der Waals surface area contributed by atoms with Crippen LogP contribution in [0.2, 0.25) is 0 Å². The largest absolute Gasteiger partial charge is 0.487 e. The highest BCUT2D eigenvalue weighted by atomic mass is 32.2. The zero-order chi connectivity index (χ0) is 21.6. The lowest BCUT2D eigenvalue weighted by atomic mass is 10.1. The van der Waals surface area contributed by atoms with Gasteiger partial charge in [0.1, 0.15) is 12.4 Å². The number of carbonyl (C=O) groups is 1. The summed E-state index contributed by atoms with van der Waals surface area (Å²) in [6.45, 7) is 2.43. The van der Waals surface area contributed by atoms with E-state index < -0.39 is 10.0 Å². The molecule has 1 aromatic heterocycles. The van der Waals surface area contributed by atoms with E-state index in [0.717, 1.165) is 23.1 Å². The summed E-state index contributed by atoms with van der Waals surface area (Å²) in [6, 6.07) is 18.0. The Morgan fingerprint density at radius 1 is 1.07 bits per heavy atom. The van der Waals surface area contributed by atoms with Crippen LogP contribution < -0.4 is 14.8 Å². The Labute approximate surface area is 176 Å². The topological polar surface area (TPSA) is 97.4 Å². The van der Waals surface area contributed by atoms with Crippen LogP contribution in [0, 0.1) is 6.92 Å². The number of aryl methyl sites for hydroxylation is 1. The molecule has 0 spiro atoms. The Hall–Kier alpha value is -3.39. The van der Waals surface area contributed by atoms with E-state index >= 15 is 0 Å². The van der Waals surface area contributed by atoms with Crippen molar-refractivity contribution in [1.82, 2.24) is 10.3 Å². The van der Waals surface area contributed by atoms with Crippen LogP contribution in [-0.4, -0.2) is 25.6 Å². The number of nitrogens with zero attached hydrogens (tertiary/aromatic N) is 1. The van der Waals surface area contributed by atoms with Crippen molar-refractivity contribution < 1.29 is 17.9 Å². The first kappa shape index (κ1) is 21.3. The smallest absolute Gasteiger partial charge is 0.251 e. The number of ether oxygens (including phenoxy) is 1. The molecule has 1 heterocycles. The van der Waals surface area contributed by atoms with E-state index in [1.165, 1.54) is 6.07 Å². The maximum atomic E-state index is 12.5. The molecule has 0 radical (unpaired) electrons. The standard InChI is InChI=1S/C22H23N3O4S/c1-16-9-10-18(13-21(16)25-30(2,27)28)22(26)24-14-17-6-5-8-20(12-17)29-15-19-7-3-4-11-23-19/h3-13,25H,14-15H2,1-2H3,(H,24,26). The van der Waals surface area contributed by atoms with Crippen molar-refractivity contribution in [2.45, 2.75) is 20.1 Å². The molecule has 0 atom stereocenters. The summed E-state index contributed by atoms with van der Waals surface area (Å²) in [5, 5.41) is 2.84. The average Bonchev–Trinajstić information content (AvgIpc) is 2.72. The molecule has 30 heavy (non-hydrogen) atoms. The van der Waals surface area contributed by atoms with Crippen molar-refractivity contribution in [3.8, 4) is 5.75 Å². The van der Waals surface area contributed by atoms with Crippen LogP contribution in [0.15, 0.2) is 66.9 Å². The van der Waals surface area contributed by atoms with Gasteiger partial charge in [0.2, 0.25) is 10.0 Å². The molecule has 0 aliphatic rings. The zero-order valence-electron chi connectivity index (χ0n) is 16.8. The van der Waals surface area contributed by atoms with Gasteiger partial charge in [0.25, 0.3) is 5.91 Å². The van der Waals surface area contributed by atoms with E-state index in [9.17, 15) is 13.2 Å². The number of rotatable bonds is 8. The summed E-state index contributed by atoms with van der Waals surface area (Å²) in [6.07, 6.45) is 2.79. The molecule has 7 nitrogen and oxygen atoms in total. The van der Waals surface area contributed by atoms with Gasteiger partial charge >= 0.3 is 0 Å². The second-order valence-corrected chi connectivity index (χ2v) is 8.59. The maximum Gasteiger partial charge on any atom is 0.251 e. The van der Waals surface area contributed by atoms with Gasteiger partial charge in [0, 0.05) is 18.3 Å². The normalized spacial score (nSPS) is 11.0. The molecule has 3 aromatic rings. The van der Waals surface area contributed by atoms with Crippen LogP contribution in [-0.2, 0) is 23.2 Å². The van der Waals surface area contributed by atoms with Crippen LogP contribution in [0.1, 0.15) is 27.2 Å². The molecule has 8 heteroatoms. The first-order chi connectivity index (χ1) is 14.3. The fraction of sp³-hybridized carbons (Fsp3) is 0.182. The van der Waals surface area contributed by atoms with Crippen molar-refractivity contribution in [1.29, 1.82) is 0 Å². The maximum absolute atomic E-state index is 12.5. The lowest BCUT2D eigenvalue weighted by molar-refractivity contribution is 0.0951. The summed E-state index contributed by atoms with van der Waals surface area (Å²) in [7, 11) is -3.43. The fourth-order valence-electron chi connectivity index (χ4n) is 2.74. The predicted octanol–water partition coefficient (Wildman–Crippen LogP) is 3.27. The van der Waals surface area contributed by atoms with E-state index in [2.05, 4.69) is 15.0 Å². The van der Waals surface area contributed by atoms with Crippen LogP contribution in [0.5, 0.6) is 5.75 Å². The van der Waals surface area contributed by atoms with Gasteiger partial charge in [-0.3, -0.25) is 14.5 Å². The van der Waals surface area contributed by atoms with Crippen molar-refractivity contribution in [2.75, 3.05) is 11.0 Å². The van der Waals surface area contributed by atoms with Crippen molar-refractivity contribution >= 4 is 21.6 Å². The van der Waals surface area contributed by atoms with Gasteiger partial charge in [-0.1, -0.05) is 24.3 Å². The molecule has 2 aromatic carbocycles. The molecule has 2 N–H and O–H groups in total. The average molecular weight is 426 g/mol. The first-order valence-electron chi connectivity index (χ1n) is 9.28. The summed E-state index contributed by atoms with van der Waals surface area (Å²) >= 11 is 0. The van der Waals surface area contributed by atoms with E-state index in [-0.39, 0.29) is 5.91 Å². The number of nitrogens with one attached hydrogen (secondary N) is 2. The highest BCUT2D eigenvalue weighted by molar-refractivity contribution is 7.92. The number of anilines is 1. The lowest BCUT2D eigenvalue weighted by Crippen LogP contribution is -2.23. The Bertz CT molecular complexity index is 1130. The SMILES string of the molecule is Cc1ccc(C(=O)NCc2cccc(OCc3ccccn3)c2)cc1NS(C)(=O)=O. The second-order valence-electron chi connectivity index (χ2n) is 6.84. The monoisotopic (exact) mass is 425 g/mol. The Balaban J connectivity index is 1.61. The molecular formula is C22H23N3O4S. The van der Waals surface area contributed by atoms with Gasteiger partial charge in [-0.15, -0.1) is 0 Å². The molecule has 1 amide bonds. The van der Waals surface area contributed by atoms with Crippen LogP contribution >= 0.6 is 0 Å². The Morgan fingerprint density at radius 2 is 1.90 bits per heavy atom. The second kappa shape index (κ2) is 9.41. The number of amides is 1. The number of hydrogen-bond donors (Lipinski definition) is 2. The van der Waals surface area contributed by atoms with Crippen LogP contribution in [0.4, 0.5) is 5.69 Å². The number of sulfonamides is 1. The van der Waals surface area contributed by atoms with E-state index in [0.29, 0.717) is 30.2 Å². The van der Waals surface area contributed by atoms with Gasteiger partial charge in [-0.25, -0.2) is 8.42 Å². The molecule has 0 fully saturated rings. The van der Waals surface area contributed by atoms with Gasteiger partial charge in [0.05, 0.1) is 17.6 Å². The molecule has 0 bridgehead atoms. The minimum absolute atomic E-state index is 0.300. The highest BCUT2D eigenvalue weighted by Gasteiger charge is 2.11. The summed E-state index contributed by atoms with van der Waals surface area (Å²) in [5.74, 6) is 0.383. The minimum atomic E-state index is -3.43. The molecule has 0 aliphatic carbocycles. The van der Waals surface area contributed by atoms with E-state index in [1.807, 2.05) is 42.5 Å². The van der Waals surface area contributed by atoms with Crippen LogP contribution in [0.3, 0.4) is 0 Å². The summed E-state index contributed by atoms with van der Waals surface area (Å²) in [4.78, 5) is 16.7.